The van der Waals surface area contributed by atoms with Gasteiger partial charge in [-0.2, -0.15) is 0 Å². The molecule has 1 fully saturated rings. The highest BCUT2D eigenvalue weighted by Gasteiger charge is 2.38. The van der Waals surface area contributed by atoms with Crippen LogP contribution < -0.4 is 5.32 Å². The maximum Gasteiger partial charge on any atom is 0.240 e. The normalized spacial score (nSPS) is 21.1. The molecule has 0 saturated carbocycles. The number of hydrogen-bond donors (Lipinski definition) is 1. The summed E-state index contributed by atoms with van der Waals surface area (Å²) in [6.45, 7) is 12.7. The minimum absolute atomic E-state index is 0.0102. The minimum atomic E-state index is -0.210. The first kappa shape index (κ1) is 17.2. The van der Waals surface area contributed by atoms with E-state index in [1.807, 2.05) is 46.4 Å². The molecule has 116 valence electrons. The molecule has 1 aliphatic rings. The van der Waals surface area contributed by atoms with Crippen LogP contribution in [0.4, 0.5) is 0 Å². The van der Waals surface area contributed by atoms with Crippen LogP contribution in [0.3, 0.4) is 0 Å². The average Bonchev–Trinajstić information content (AvgIpc) is 2.82. The molecule has 1 aliphatic heterocycles. The van der Waals surface area contributed by atoms with E-state index in [1.165, 1.54) is 0 Å². The Morgan fingerprint density at radius 1 is 1.10 bits per heavy atom. The molecule has 0 radical (unpaired) electrons. The summed E-state index contributed by atoms with van der Waals surface area (Å²) in [6.07, 6.45) is 1.75. The summed E-state index contributed by atoms with van der Waals surface area (Å²) in [6, 6.07) is -0.151. The van der Waals surface area contributed by atoms with E-state index in [-0.39, 0.29) is 41.7 Å². The Labute approximate surface area is 123 Å². The Morgan fingerprint density at radius 3 is 2.15 bits per heavy atom. The zero-order chi connectivity index (χ0) is 15.4. The van der Waals surface area contributed by atoms with Crippen LogP contribution >= 0.6 is 0 Å². The molecule has 0 spiro atoms. The third-order valence-electron chi connectivity index (χ3n) is 3.88. The Hall–Kier alpha value is -0.900. The molecule has 1 rings (SSSR count). The summed E-state index contributed by atoms with van der Waals surface area (Å²) in [5, 5.41) is 3.34. The highest BCUT2D eigenvalue weighted by atomic mass is 16.2. The molecule has 0 unspecified atom stereocenters. The van der Waals surface area contributed by atoms with E-state index in [9.17, 15) is 9.59 Å². The maximum absolute atomic E-state index is 12.8. The monoisotopic (exact) mass is 282 g/mol. The van der Waals surface area contributed by atoms with Crippen LogP contribution in [0.25, 0.3) is 0 Å². The number of nitrogens with zero attached hydrogens (tertiary/aromatic N) is 1. The fourth-order valence-corrected chi connectivity index (χ4v) is 2.80. The van der Waals surface area contributed by atoms with Crippen LogP contribution in [0.2, 0.25) is 0 Å². The van der Waals surface area contributed by atoms with E-state index in [4.69, 9.17) is 0 Å². The van der Waals surface area contributed by atoms with Crippen LogP contribution in [0.15, 0.2) is 0 Å². The van der Waals surface area contributed by atoms with Crippen LogP contribution in [0, 0.1) is 11.8 Å². The minimum Gasteiger partial charge on any atom is -0.331 e. The van der Waals surface area contributed by atoms with Gasteiger partial charge in [-0.05, 0) is 18.8 Å². The van der Waals surface area contributed by atoms with Gasteiger partial charge in [0.25, 0.3) is 0 Å². The summed E-state index contributed by atoms with van der Waals surface area (Å²) < 4.78 is 0. The van der Waals surface area contributed by atoms with E-state index in [1.54, 1.807) is 0 Å². The van der Waals surface area contributed by atoms with Gasteiger partial charge in [0.1, 0.15) is 0 Å². The predicted octanol–water partition coefficient (Wildman–Crippen LogP) is 2.23. The molecular weight excluding hydrogens is 252 g/mol. The molecule has 4 heteroatoms. The largest absolute Gasteiger partial charge is 0.331 e. The van der Waals surface area contributed by atoms with Crippen molar-refractivity contribution in [3.8, 4) is 0 Å². The number of hydrogen-bond acceptors (Lipinski definition) is 3. The van der Waals surface area contributed by atoms with Crippen LogP contribution in [0.1, 0.15) is 54.4 Å². The highest BCUT2D eigenvalue weighted by molar-refractivity contribution is 5.92. The molecule has 0 aliphatic carbocycles. The van der Waals surface area contributed by atoms with Crippen molar-refractivity contribution in [1.82, 2.24) is 10.2 Å². The first-order chi connectivity index (χ1) is 9.25. The molecule has 1 amide bonds. The second kappa shape index (κ2) is 7.21. The molecule has 20 heavy (non-hydrogen) atoms. The number of carbonyl (C=O) groups is 2. The first-order valence-corrected chi connectivity index (χ1v) is 7.86. The molecule has 2 atom stereocenters. The van der Waals surface area contributed by atoms with Crippen molar-refractivity contribution in [2.24, 2.45) is 11.8 Å². The Balaban J connectivity index is 2.84. The lowest BCUT2D eigenvalue weighted by Gasteiger charge is -2.32. The van der Waals surface area contributed by atoms with Crippen molar-refractivity contribution in [3.05, 3.63) is 0 Å². The van der Waals surface area contributed by atoms with Gasteiger partial charge in [0.15, 0.2) is 5.78 Å². The number of rotatable bonds is 6. The number of nitrogens with one attached hydrogen (secondary N) is 1. The molecular formula is C16H30N2O2. The van der Waals surface area contributed by atoms with Crippen molar-refractivity contribution < 1.29 is 9.59 Å². The topological polar surface area (TPSA) is 49.4 Å². The van der Waals surface area contributed by atoms with Gasteiger partial charge < -0.3 is 10.2 Å². The molecule has 1 heterocycles. The summed E-state index contributed by atoms with van der Waals surface area (Å²) in [4.78, 5) is 26.8. The van der Waals surface area contributed by atoms with Crippen molar-refractivity contribution in [2.45, 2.75) is 72.5 Å². The molecule has 1 saturated heterocycles. The lowest BCUT2D eigenvalue weighted by Crippen LogP contribution is -2.54. The first-order valence-electron chi connectivity index (χ1n) is 7.86. The lowest BCUT2D eigenvalue weighted by molar-refractivity contribution is -0.141. The highest BCUT2D eigenvalue weighted by Crippen LogP contribution is 2.23. The predicted molar refractivity (Wildman–Crippen MR) is 81.5 cm³/mol. The number of Topliss-reactive ketones (excluding diaryl/α,β-unsaturated/α-hetero) is 1. The second-order valence-electron chi connectivity index (χ2n) is 6.79. The van der Waals surface area contributed by atoms with Gasteiger partial charge in [0.2, 0.25) is 5.91 Å². The Kier molecular flexibility index (Phi) is 6.18. The van der Waals surface area contributed by atoms with E-state index >= 15 is 0 Å². The zero-order valence-electron chi connectivity index (χ0n) is 13.8. The maximum atomic E-state index is 12.8. The van der Waals surface area contributed by atoms with E-state index < -0.39 is 0 Å². The fraction of sp³-hybridized carbons (Fsp3) is 0.875. The van der Waals surface area contributed by atoms with E-state index in [2.05, 4.69) is 5.32 Å². The molecule has 0 bridgehead atoms. The van der Waals surface area contributed by atoms with Gasteiger partial charge in [-0.15, -0.1) is 0 Å². The molecule has 4 nitrogen and oxygen atoms in total. The van der Waals surface area contributed by atoms with Crippen LogP contribution in [0.5, 0.6) is 0 Å². The Bertz CT molecular complexity index is 350. The summed E-state index contributed by atoms with van der Waals surface area (Å²) in [7, 11) is 0. The summed E-state index contributed by atoms with van der Waals surface area (Å²) >= 11 is 0. The van der Waals surface area contributed by atoms with Gasteiger partial charge in [0.05, 0.1) is 12.1 Å². The number of ketones is 1. The summed E-state index contributed by atoms with van der Waals surface area (Å²) in [5.74, 6) is 0.498. The number of carbonyl (C=O) groups excluding carboxylic acids is 2. The van der Waals surface area contributed by atoms with Crippen molar-refractivity contribution in [2.75, 3.05) is 6.54 Å². The fourth-order valence-electron chi connectivity index (χ4n) is 2.80. The van der Waals surface area contributed by atoms with Gasteiger partial charge in [0, 0.05) is 18.5 Å². The van der Waals surface area contributed by atoms with Crippen LogP contribution in [-0.2, 0) is 9.59 Å². The summed E-state index contributed by atoms with van der Waals surface area (Å²) in [5.41, 5.74) is 0. The third-order valence-corrected chi connectivity index (χ3v) is 3.88. The van der Waals surface area contributed by atoms with Crippen molar-refractivity contribution >= 4 is 11.7 Å². The molecule has 0 aromatic heterocycles. The van der Waals surface area contributed by atoms with Gasteiger partial charge in [-0.25, -0.2) is 0 Å². The van der Waals surface area contributed by atoms with Crippen LogP contribution in [-0.4, -0.2) is 41.3 Å². The quantitative estimate of drug-likeness (QED) is 0.812. The SMILES string of the molecule is CC(C)N[C@H](C(=O)N1CCC[C@H]1C(=O)C(C)C)C(C)C. The lowest BCUT2D eigenvalue weighted by atomic mass is 9.97. The van der Waals surface area contributed by atoms with E-state index in [0.29, 0.717) is 6.54 Å². The third kappa shape index (κ3) is 4.05. The molecule has 0 aromatic carbocycles. The van der Waals surface area contributed by atoms with Gasteiger partial charge in [-0.3, -0.25) is 9.59 Å². The van der Waals surface area contributed by atoms with Gasteiger partial charge in [-0.1, -0.05) is 41.5 Å². The second-order valence-corrected chi connectivity index (χ2v) is 6.79. The smallest absolute Gasteiger partial charge is 0.240 e. The number of amides is 1. The van der Waals surface area contributed by atoms with Crippen molar-refractivity contribution in [1.29, 1.82) is 0 Å². The van der Waals surface area contributed by atoms with Gasteiger partial charge >= 0.3 is 0 Å². The standard InChI is InChI=1S/C16H30N2O2/c1-10(2)14(17-12(5)6)16(20)18-9-7-8-13(18)15(19)11(3)4/h10-14,17H,7-9H2,1-6H3/t13-,14-/m0/s1. The zero-order valence-corrected chi connectivity index (χ0v) is 13.8. The van der Waals surface area contributed by atoms with Crippen molar-refractivity contribution in [3.63, 3.8) is 0 Å². The van der Waals surface area contributed by atoms with E-state index in [0.717, 1.165) is 12.8 Å². The Morgan fingerprint density at radius 2 is 1.70 bits per heavy atom. The molecule has 0 aromatic rings. The molecule has 1 N–H and O–H groups in total. The number of likely N-dealkylation sites (tertiary alicyclic amines) is 1. The average molecular weight is 282 g/mol.